The van der Waals surface area contributed by atoms with E-state index in [-0.39, 0.29) is 6.04 Å². The molecule has 0 fully saturated rings. The van der Waals surface area contributed by atoms with Gasteiger partial charge < -0.3 is 0 Å². The van der Waals surface area contributed by atoms with Gasteiger partial charge in [-0.25, -0.2) is 0 Å². The Morgan fingerprint density at radius 3 is 2.61 bits per heavy atom. The lowest BCUT2D eigenvalue weighted by Crippen LogP contribution is -2.38. The van der Waals surface area contributed by atoms with Crippen molar-refractivity contribution in [2.75, 3.05) is 0 Å². The van der Waals surface area contributed by atoms with E-state index in [1.54, 1.807) is 11.3 Å². The molecule has 0 radical (unpaired) electrons. The fourth-order valence-corrected chi connectivity index (χ4v) is 3.80. The molecular formula is C13H14Br2N2S. The molecule has 2 nitrogen and oxygen atoms in total. The normalized spacial score (nSPS) is 12.6. The smallest absolute Gasteiger partial charge is 0.0299 e. The maximum atomic E-state index is 5.65. The summed E-state index contributed by atoms with van der Waals surface area (Å²) < 4.78 is 2.27. The highest BCUT2D eigenvalue weighted by Gasteiger charge is 2.11. The predicted octanol–water partition coefficient (Wildman–Crippen LogP) is 3.89. The lowest BCUT2D eigenvalue weighted by Gasteiger charge is -2.15. The van der Waals surface area contributed by atoms with Crippen molar-refractivity contribution in [3.63, 3.8) is 0 Å². The number of halogens is 2. The van der Waals surface area contributed by atoms with Crippen LogP contribution in [0.2, 0.25) is 0 Å². The van der Waals surface area contributed by atoms with Crippen LogP contribution in [0.15, 0.2) is 44.7 Å². The van der Waals surface area contributed by atoms with Gasteiger partial charge in [0.15, 0.2) is 0 Å². The molecule has 0 aliphatic heterocycles. The van der Waals surface area contributed by atoms with E-state index in [9.17, 15) is 0 Å². The lowest BCUT2D eigenvalue weighted by atomic mass is 10.0. The third-order valence-corrected chi connectivity index (χ3v) is 5.22. The van der Waals surface area contributed by atoms with Gasteiger partial charge in [-0.3, -0.25) is 11.3 Å². The van der Waals surface area contributed by atoms with E-state index in [4.69, 9.17) is 5.84 Å². The minimum atomic E-state index is 0.245. The fourth-order valence-electron chi connectivity index (χ4n) is 1.82. The number of nitrogens with two attached hydrogens (primary N) is 1. The van der Waals surface area contributed by atoms with Crippen molar-refractivity contribution in [2.24, 2.45) is 5.84 Å². The fraction of sp³-hybridized carbons (Fsp3) is 0.231. The Bertz CT molecular complexity index is 513. The van der Waals surface area contributed by atoms with E-state index < -0.39 is 0 Å². The molecule has 2 aromatic rings. The first-order chi connectivity index (χ1) is 8.69. The molecule has 96 valence electrons. The number of hydrazine groups is 1. The van der Waals surface area contributed by atoms with Crippen LogP contribution >= 0.6 is 43.2 Å². The molecule has 3 N–H and O–H groups in total. The second-order valence-corrected chi connectivity index (χ2v) is 6.86. The third-order valence-electron chi connectivity index (χ3n) is 2.73. The highest BCUT2D eigenvalue weighted by Crippen LogP contribution is 2.23. The van der Waals surface area contributed by atoms with E-state index in [1.165, 1.54) is 10.4 Å². The first-order valence-electron chi connectivity index (χ1n) is 5.61. The number of thiophene rings is 1. The molecule has 18 heavy (non-hydrogen) atoms. The largest absolute Gasteiger partial charge is 0.271 e. The van der Waals surface area contributed by atoms with Gasteiger partial charge in [0.2, 0.25) is 0 Å². The number of nitrogens with one attached hydrogen (secondary N) is 1. The first kappa shape index (κ1) is 14.2. The maximum Gasteiger partial charge on any atom is 0.0299 e. The van der Waals surface area contributed by atoms with Crippen molar-refractivity contribution < 1.29 is 0 Å². The van der Waals surface area contributed by atoms with Crippen molar-refractivity contribution >= 4 is 43.2 Å². The summed E-state index contributed by atoms with van der Waals surface area (Å²) in [7, 11) is 0. The summed E-state index contributed by atoms with van der Waals surface area (Å²) in [6.07, 6.45) is 1.85. The molecule has 0 spiro atoms. The van der Waals surface area contributed by atoms with Gasteiger partial charge >= 0.3 is 0 Å². The Kier molecular flexibility index (Phi) is 5.38. The van der Waals surface area contributed by atoms with Crippen LogP contribution < -0.4 is 11.3 Å². The summed E-state index contributed by atoms with van der Waals surface area (Å²) in [5.41, 5.74) is 4.18. The average Bonchev–Trinajstić information content (AvgIpc) is 2.76. The van der Waals surface area contributed by atoms with Crippen LogP contribution in [-0.4, -0.2) is 6.04 Å². The molecule has 0 bridgehead atoms. The molecule has 0 saturated heterocycles. The average molecular weight is 390 g/mol. The van der Waals surface area contributed by atoms with Gasteiger partial charge in [-0.15, -0.1) is 11.3 Å². The van der Waals surface area contributed by atoms with Gasteiger partial charge in [0.05, 0.1) is 0 Å². The number of rotatable bonds is 5. The second-order valence-electron chi connectivity index (χ2n) is 4.09. The zero-order chi connectivity index (χ0) is 13.0. The Hall–Kier alpha value is -0.200. The van der Waals surface area contributed by atoms with Crippen LogP contribution in [0.25, 0.3) is 0 Å². The van der Waals surface area contributed by atoms with E-state index in [1.807, 2.05) is 6.07 Å². The van der Waals surface area contributed by atoms with Crippen LogP contribution in [-0.2, 0) is 12.8 Å². The van der Waals surface area contributed by atoms with Crippen LogP contribution in [0, 0.1) is 0 Å². The monoisotopic (exact) mass is 388 g/mol. The first-order valence-corrected chi connectivity index (χ1v) is 8.08. The van der Waals surface area contributed by atoms with Gasteiger partial charge in [-0.05, 0) is 46.5 Å². The minimum absolute atomic E-state index is 0.245. The van der Waals surface area contributed by atoms with Crippen molar-refractivity contribution in [3.8, 4) is 0 Å². The van der Waals surface area contributed by atoms with Crippen molar-refractivity contribution in [3.05, 3.63) is 55.1 Å². The molecule has 2 rings (SSSR count). The van der Waals surface area contributed by atoms with E-state index in [0.717, 1.165) is 21.8 Å². The topological polar surface area (TPSA) is 38.0 Å². The van der Waals surface area contributed by atoms with Crippen LogP contribution in [0.3, 0.4) is 0 Å². The summed E-state index contributed by atoms with van der Waals surface area (Å²) >= 11 is 8.80. The van der Waals surface area contributed by atoms with Crippen LogP contribution in [0.1, 0.15) is 10.4 Å². The quantitative estimate of drug-likeness (QED) is 0.601. The number of hydrogen-bond acceptors (Lipinski definition) is 3. The van der Waals surface area contributed by atoms with Gasteiger partial charge in [0.25, 0.3) is 0 Å². The Labute approximate surface area is 128 Å². The molecule has 5 heteroatoms. The minimum Gasteiger partial charge on any atom is -0.271 e. The van der Waals surface area contributed by atoms with E-state index in [2.05, 4.69) is 66.9 Å². The summed E-state index contributed by atoms with van der Waals surface area (Å²) in [5.74, 6) is 5.65. The Morgan fingerprint density at radius 2 is 2.00 bits per heavy atom. The van der Waals surface area contributed by atoms with Gasteiger partial charge in [0.1, 0.15) is 0 Å². The predicted molar refractivity (Wildman–Crippen MR) is 84.7 cm³/mol. The SMILES string of the molecule is NNC(Cc1cc(Br)cs1)Cc1ccccc1Br. The standard InChI is InChI=1S/C13H14Br2N2S/c14-10-6-12(18-8-10)7-11(17-16)5-9-3-1-2-4-13(9)15/h1-4,6,8,11,17H,5,7,16H2. The molecule has 0 aliphatic carbocycles. The molecule has 1 aromatic carbocycles. The van der Waals surface area contributed by atoms with Crippen molar-refractivity contribution in [2.45, 2.75) is 18.9 Å². The Morgan fingerprint density at radius 1 is 1.22 bits per heavy atom. The van der Waals surface area contributed by atoms with Gasteiger partial charge in [-0.2, -0.15) is 0 Å². The molecule has 1 unspecified atom stereocenters. The maximum absolute atomic E-state index is 5.65. The summed E-state index contributed by atoms with van der Waals surface area (Å²) in [6.45, 7) is 0. The van der Waals surface area contributed by atoms with Crippen molar-refractivity contribution in [1.29, 1.82) is 0 Å². The summed E-state index contributed by atoms with van der Waals surface area (Å²) in [5, 5.41) is 2.10. The highest BCUT2D eigenvalue weighted by molar-refractivity contribution is 9.10. The van der Waals surface area contributed by atoms with E-state index in [0.29, 0.717) is 0 Å². The van der Waals surface area contributed by atoms with Crippen molar-refractivity contribution in [1.82, 2.24) is 5.43 Å². The molecule has 1 atom stereocenters. The molecule has 0 saturated carbocycles. The zero-order valence-electron chi connectivity index (χ0n) is 9.70. The van der Waals surface area contributed by atoms with Crippen LogP contribution in [0.4, 0.5) is 0 Å². The molecule has 1 aromatic heterocycles. The second kappa shape index (κ2) is 6.82. The summed E-state index contributed by atoms with van der Waals surface area (Å²) in [4.78, 5) is 1.33. The molecule has 1 heterocycles. The highest BCUT2D eigenvalue weighted by atomic mass is 79.9. The molecule has 0 amide bonds. The van der Waals surface area contributed by atoms with Gasteiger partial charge in [-0.1, -0.05) is 34.1 Å². The van der Waals surface area contributed by atoms with E-state index >= 15 is 0 Å². The number of benzene rings is 1. The Balaban J connectivity index is 2.04. The zero-order valence-corrected chi connectivity index (χ0v) is 13.7. The summed E-state index contributed by atoms with van der Waals surface area (Å²) in [6, 6.07) is 10.7. The third kappa shape index (κ3) is 3.90. The van der Waals surface area contributed by atoms with Gasteiger partial charge in [0, 0.05) is 25.2 Å². The van der Waals surface area contributed by atoms with Crippen LogP contribution in [0.5, 0.6) is 0 Å². The number of hydrogen-bond donors (Lipinski definition) is 2. The lowest BCUT2D eigenvalue weighted by molar-refractivity contribution is 0.525. The molecule has 0 aliphatic rings. The molecular weight excluding hydrogens is 376 g/mol.